The van der Waals surface area contributed by atoms with Gasteiger partial charge < -0.3 is 11.1 Å². The summed E-state index contributed by atoms with van der Waals surface area (Å²) in [5, 5.41) is 3.43. The summed E-state index contributed by atoms with van der Waals surface area (Å²) in [5.41, 5.74) is 6.57. The van der Waals surface area contributed by atoms with Gasteiger partial charge in [0.15, 0.2) is 0 Å². The van der Waals surface area contributed by atoms with E-state index < -0.39 is 10.8 Å². The van der Waals surface area contributed by atoms with Crippen LogP contribution in [0.15, 0.2) is 18.2 Å². The smallest absolute Gasteiger partial charge is 0.253 e. The van der Waals surface area contributed by atoms with Crippen LogP contribution in [0.2, 0.25) is 5.02 Å². The number of amides is 1. The van der Waals surface area contributed by atoms with Gasteiger partial charge in [-0.05, 0) is 31.0 Å². The van der Waals surface area contributed by atoms with Gasteiger partial charge in [0.05, 0.1) is 5.56 Å². The van der Waals surface area contributed by atoms with Crippen LogP contribution in [-0.2, 0) is 10.8 Å². The van der Waals surface area contributed by atoms with Crippen LogP contribution in [0, 0.1) is 0 Å². The van der Waals surface area contributed by atoms with Gasteiger partial charge in [-0.15, -0.1) is 0 Å². The Labute approximate surface area is 113 Å². The molecule has 1 saturated heterocycles. The summed E-state index contributed by atoms with van der Waals surface area (Å²) < 4.78 is 11.2. The van der Waals surface area contributed by atoms with Gasteiger partial charge in [0.2, 0.25) is 0 Å². The number of nitrogen functional groups attached to an aromatic ring is 1. The number of carbonyl (C=O) groups excluding carboxylic acids is 1. The number of hydrogen-bond donors (Lipinski definition) is 2. The van der Waals surface area contributed by atoms with Crippen molar-refractivity contribution in [3.63, 3.8) is 0 Å². The van der Waals surface area contributed by atoms with E-state index in [0.29, 0.717) is 27.8 Å². The van der Waals surface area contributed by atoms with Gasteiger partial charge in [0.25, 0.3) is 5.91 Å². The van der Waals surface area contributed by atoms with E-state index in [1.807, 2.05) is 0 Å². The molecule has 0 radical (unpaired) electrons. The molecule has 1 aromatic carbocycles. The number of benzene rings is 1. The molecule has 1 amide bonds. The van der Waals surface area contributed by atoms with E-state index in [-0.39, 0.29) is 11.9 Å². The van der Waals surface area contributed by atoms with E-state index in [1.54, 1.807) is 18.2 Å². The molecule has 2 rings (SSSR count). The minimum atomic E-state index is -0.721. The molecule has 98 valence electrons. The highest BCUT2D eigenvalue weighted by atomic mass is 35.5. The third-order valence-corrected chi connectivity index (χ3v) is 4.60. The molecule has 1 aromatic rings. The fourth-order valence-corrected chi connectivity index (χ4v) is 3.42. The van der Waals surface area contributed by atoms with Crippen LogP contribution in [0.4, 0.5) is 5.69 Å². The SMILES string of the molecule is Nc1cc(Cl)ccc1C(=O)NC1CCS(=O)CC1. The van der Waals surface area contributed by atoms with Gasteiger partial charge in [0, 0.05) is 39.1 Å². The lowest BCUT2D eigenvalue weighted by atomic mass is 10.1. The second-order valence-corrected chi connectivity index (χ2v) is 6.46. The third-order valence-electron chi connectivity index (χ3n) is 2.98. The van der Waals surface area contributed by atoms with Crippen molar-refractivity contribution in [2.24, 2.45) is 0 Å². The van der Waals surface area contributed by atoms with Crippen LogP contribution in [0.25, 0.3) is 0 Å². The summed E-state index contributed by atoms with van der Waals surface area (Å²) in [6, 6.07) is 4.91. The Hall–Kier alpha value is -1.07. The first-order valence-electron chi connectivity index (χ1n) is 5.77. The van der Waals surface area contributed by atoms with Crippen molar-refractivity contribution >= 4 is 34.0 Å². The van der Waals surface area contributed by atoms with E-state index in [2.05, 4.69) is 5.32 Å². The largest absolute Gasteiger partial charge is 0.398 e. The fourth-order valence-electron chi connectivity index (χ4n) is 1.94. The minimum absolute atomic E-state index is 0.0882. The number of halogens is 1. The zero-order chi connectivity index (χ0) is 13.1. The van der Waals surface area contributed by atoms with Crippen molar-refractivity contribution in [3.05, 3.63) is 28.8 Å². The number of rotatable bonds is 2. The Bertz CT molecular complexity index is 483. The van der Waals surface area contributed by atoms with Gasteiger partial charge in [-0.2, -0.15) is 0 Å². The molecule has 6 heteroatoms. The average molecular weight is 287 g/mol. The number of carbonyl (C=O) groups is 1. The lowest BCUT2D eigenvalue weighted by Gasteiger charge is -2.22. The molecule has 18 heavy (non-hydrogen) atoms. The molecule has 1 heterocycles. The Morgan fingerprint density at radius 1 is 1.39 bits per heavy atom. The fraction of sp³-hybridized carbons (Fsp3) is 0.417. The summed E-state index contributed by atoms with van der Waals surface area (Å²) in [4.78, 5) is 12.0. The number of hydrogen-bond acceptors (Lipinski definition) is 3. The zero-order valence-corrected chi connectivity index (χ0v) is 11.4. The first kappa shape index (κ1) is 13.4. The molecule has 1 aliphatic heterocycles. The van der Waals surface area contributed by atoms with E-state index >= 15 is 0 Å². The maximum Gasteiger partial charge on any atom is 0.253 e. The second kappa shape index (κ2) is 5.71. The average Bonchev–Trinajstić information content (AvgIpc) is 2.32. The summed E-state index contributed by atoms with van der Waals surface area (Å²) >= 11 is 5.78. The van der Waals surface area contributed by atoms with E-state index in [0.717, 1.165) is 12.8 Å². The highest BCUT2D eigenvalue weighted by molar-refractivity contribution is 7.85. The number of nitrogens with two attached hydrogens (primary N) is 1. The summed E-state index contributed by atoms with van der Waals surface area (Å²) in [6.45, 7) is 0. The van der Waals surface area contributed by atoms with Crippen molar-refractivity contribution in [2.45, 2.75) is 18.9 Å². The molecule has 4 nitrogen and oxygen atoms in total. The Morgan fingerprint density at radius 2 is 2.06 bits per heavy atom. The van der Waals surface area contributed by atoms with E-state index in [1.165, 1.54) is 0 Å². The molecule has 1 fully saturated rings. The lowest BCUT2D eigenvalue weighted by molar-refractivity contribution is 0.0935. The second-order valence-electron chi connectivity index (χ2n) is 4.33. The van der Waals surface area contributed by atoms with Gasteiger partial charge in [-0.25, -0.2) is 0 Å². The van der Waals surface area contributed by atoms with Crippen LogP contribution >= 0.6 is 11.6 Å². The van der Waals surface area contributed by atoms with Crippen molar-refractivity contribution in [2.75, 3.05) is 17.2 Å². The van der Waals surface area contributed by atoms with Crippen molar-refractivity contribution in [3.8, 4) is 0 Å². The molecule has 0 unspecified atom stereocenters. The highest BCUT2D eigenvalue weighted by Gasteiger charge is 2.20. The maximum atomic E-state index is 12.0. The standard InChI is InChI=1S/C12H15ClN2O2S/c13-8-1-2-10(11(14)7-8)12(16)15-9-3-5-18(17)6-4-9/h1-2,7,9H,3-6,14H2,(H,15,16). The molecule has 1 aliphatic rings. The van der Waals surface area contributed by atoms with Crippen LogP contribution < -0.4 is 11.1 Å². The molecule has 0 aromatic heterocycles. The van der Waals surface area contributed by atoms with Crippen molar-refractivity contribution < 1.29 is 9.00 Å². The molecule has 3 N–H and O–H groups in total. The third kappa shape index (κ3) is 3.23. The van der Waals surface area contributed by atoms with Crippen LogP contribution in [-0.4, -0.2) is 27.7 Å². The van der Waals surface area contributed by atoms with Crippen molar-refractivity contribution in [1.82, 2.24) is 5.32 Å². The predicted molar refractivity (Wildman–Crippen MR) is 74.2 cm³/mol. The monoisotopic (exact) mass is 286 g/mol. The first-order valence-corrected chi connectivity index (χ1v) is 7.64. The minimum Gasteiger partial charge on any atom is -0.398 e. The number of nitrogens with one attached hydrogen (secondary N) is 1. The lowest BCUT2D eigenvalue weighted by Crippen LogP contribution is -2.39. The Balaban J connectivity index is 2.01. The molecular formula is C12H15ClN2O2S. The number of anilines is 1. The summed E-state index contributed by atoms with van der Waals surface area (Å²) in [5.74, 6) is 1.11. The molecule has 0 atom stereocenters. The molecule has 0 aliphatic carbocycles. The molecular weight excluding hydrogens is 272 g/mol. The van der Waals surface area contributed by atoms with E-state index in [4.69, 9.17) is 17.3 Å². The topological polar surface area (TPSA) is 72.2 Å². The zero-order valence-electron chi connectivity index (χ0n) is 9.82. The summed E-state index contributed by atoms with van der Waals surface area (Å²) in [7, 11) is -0.721. The van der Waals surface area contributed by atoms with E-state index in [9.17, 15) is 9.00 Å². The molecule has 0 saturated carbocycles. The summed E-state index contributed by atoms with van der Waals surface area (Å²) in [6.07, 6.45) is 1.51. The van der Waals surface area contributed by atoms with Gasteiger partial charge in [-0.3, -0.25) is 9.00 Å². The predicted octanol–water partition coefficient (Wildman–Crippen LogP) is 1.56. The highest BCUT2D eigenvalue weighted by Crippen LogP contribution is 2.18. The molecule has 0 spiro atoms. The first-order chi connectivity index (χ1) is 8.56. The quantitative estimate of drug-likeness (QED) is 0.811. The van der Waals surface area contributed by atoms with Crippen LogP contribution in [0.5, 0.6) is 0 Å². The van der Waals surface area contributed by atoms with Gasteiger partial charge >= 0.3 is 0 Å². The van der Waals surface area contributed by atoms with Crippen molar-refractivity contribution in [1.29, 1.82) is 0 Å². The van der Waals surface area contributed by atoms with Gasteiger partial charge in [0.1, 0.15) is 0 Å². The normalized spacial score (nSPS) is 23.6. The Kier molecular flexibility index (Phi) is 4.24. The Morgan fingerprint density at radius 3 is 2.67 bits per heavy atom. The van der Waals surface area contributed by atoms with Crippen LogP contribution in [0.1, 0.15) is 23.2 Å². The van der Waals surface area contributed by atoms with Crippen LogP contribution in [0.3, 0.4) is 0 Å². The molecule has 0 bridgehead atoms. The maximum absolute atomic E-state index is 12.0. The van der Waals surface area contributed by atoms with Gasteiger partial charge in [-0.1, -0.05) is 11.6 Å².